The Labute approximate surface area is 88.7 Å². The summed E-state index contributed by atoms with van der Waals surface area (Å²) >= 11 is 0. The predicted molar refractivity (Wildman–Crippen MR) is 52.6 cm³/mol. The van der Waals surface area contributed by atoms with Gasteiger partial charge in [-0.15, -0.1) is 0 Å². The molecule has 4 heteroatoms. The van der Waals surface area contributed by atoms with Crippen LogP contribution in [-0.2, 0) is 0 Å². The highest BCUT2D eigenvalue weighted by atomic mass is 19.3. The third-order valence-electron chi connectivity index (χ3n) is 3.33. The summed E-state index contributed by atoms with van der Waals surface area (Å²) in [5.74, 6) is -3.74. The number of hydrogen-bond acceptors (Lipinski definition) is 1. The Hall–Kier alpha value is -0.250. The van der Waals surface area contributed by atoms with Crippen LogP contribution in [0.25, 0.3) is 0 Å². The first-order valence-corrected chi connectivity index (χ1v) is 5.27. The fourth-order valence-corrected chi connectivity index (χ4v) is 2.59. The molecular formula is C11H19F3O. The van der Waals surface area contributed by atoms with Gasteiger partial charge >= 0.3 is 0 Å². The molecule has 0 spiro atoms. The van der Waals surface area contributed by atoms with Crippen molar-refractivity contribution in [1.82, 2.24) is 0 Å². The smallest absolute Gasteiger partial charge is 0.279 e. The average Bonchev–Trinajstić information content (AvgIpc) is 1.98. The summed E-state index contributed by atoms with van der Waals surface area (Å²) in [6.45, 7) is 5.75. The van der Waals surface area contributed by atoms with E-state index in [0.29, 0.717) is 0 Å². The Kier molecular flexibility index (Phi) is 2.88. The summed E-state index contributed by atoms with van der Waals surface area (Å²) in [5, 5.41) is 9.45. The van der Waals surface area contributed by atoms with E-state index in [9.17, 15) is 18.3 Å². The van der Waals surface area contributed by atoms with E-state index >= 15 is 0 Å². The summed E-state index contributed by atoms with van der Waals surface area (Å²) < 4.78 is 40.9. The van der Waals surface area contributed by atoms with E-state index in [-0.39, 0.29) is 12.8 Å². The zero-order valence-electron chi connectivity index (χ0n) is 9.65. The van der Waals surface area contributed by atoms with Gasteiger partial charge in [0.15, 0.2) is 0 Å². The van der Waals surface area contributed by atoms with E-state index in [4.69, 9.17) is 0 Å². The van der Waals surface area contributed by atoms with Crippen LogP contribution in [0.3, 0.4) is 0 Å². The number of aliphatic hydroxyl groups is 1. The van der Waals surface area contributed by atoms with Crippen LogP contribution in [0.5, 0.6) is 0 Å². The maximum atomic E-state index is 13.8. The van der Waals surface area contributed by atoms with E-state index in [1.165, 1.54) is 27.7 Å². The lowest BCUT2D eigenvalue weighted by molar-refractivity contribution is -0.253. The Balaban J connectivity index is 2.79. The molecule has 1 saturated carbocycles. The lowest BCUT2D eigenvalue weighted by atomic mass is 9.57. The number of rotatable bonds is 3. The van der Waals surface area contributed by atoms with Gasteiger partial charge in [0, 0.05) is 5.41 Å². The van der Waals surface area contributed by atoms with Gasteiger partial charge in [-0.1, -0.05) is 20.8 Å². The molecule has 1 aliphatic rings. The van der Waals surface area contributed by atoms with Gasteiger partial charge in [-0.3, -0.25) is 0 Å². The molecule has 90 valence electrons. The van der Waals surface area contributed by atoms with Crippen LogP contribution in [0.4, 0.5) is 13.2 Å². The Morgan fingerprint density at radius 2 is 1.60 bits per heavy atom. The van der Waals surface area contributed by atoms with Gasteiger partial charge in [0.1, 0.15) is 11.8 Å². The monoisotopic (exact) mass is 224 g/mol. The van der Waals surface area contributed by atoms with Gasteiger partial charge in [0.25, 0.3) is 5.92 Å². The maximum Gasteiger partial charge on any atom is 0.279 e. The van der Waals surface area contributed by atoms with E-state index in [2.05, 4.69) is 0 Å². The van der Waals surface area contributed by atoms with Gasteiger partial charge in [-0.2, -0.15) is 0 Å². The normalized spacial score (nSPS) is 39.0. The van der Waals surface area contributed by atoms with Crippen molar-refractivity contribution >= 4 is 0 Å². The lowest BCUT2D eigenvalue weighted by Gasteiger charge is -2.53. The number of halogens is 3. The first kappa shape index (κ1) is 12.8. The van der Waals surface area contributed by atoms with Crippen molar-refractivity contribution < 1.29 is 18.3 Å². The molecule has 0 amide bonds. The molecule has 1 N–H and O–H groups in total. The molecule has 1 nitrogen and oxygen atoms in total. The van der Waals surface area contributed by atoms with Gasteiger partial charge in [-0.05, 0) is 25.7 Å². The summed E-state index contributed by atoms with van der Waals surface area (Å²) in [4.78, 5) is 0. The van der Waals surface area contributed by atoms with Crippen LogP contribution in [0.1, 0.15) is 40.5 Å². The molecule has 0 radical (unpaired) electrons. The quantitative estimate of drug-likeness (QED) is 0.780. The average molecular weight is 224 g/mol. The predicted octanol–water partition coefficient (Wildman–Crippen LogP) is 3.17. The fourth-order valence-electron chi connectivity index (χ4n) is 2.59. The molecule has 1 unspecified atom stereocenters. The summed E-state index contributed by atoms with van der Waals surface area (Å²) in [7, 11) is 0. The van der Waals surface area contributed by atoms with Crippen LogP contribution in [0, 0.1) is 11.3 Å². The third kappa shape index (κ3) is 2.01. The molecule has 1 rings (SSSR count). The molecule has 0 aliphatic heterocycles. The minimum absolute atomic E-state index is 0.184. The van der Waals surface area contributed by atoms with Crippen LogP contribution < -0.4 is 0 Å². The van der Waals surface area contributed by atoms with Crippen molar-refractivity contribution in [2.45, 2.75) is 58.2 Å². The second-order valence-electron chi connectivity index (χ2n) is 5.64. The fraction of sp³-hybridized carbons (Fsp3) is 1.00. The molecule has 1 aliphatic carbocycles. The molecule has 1 atom stereocenters. The van der Waals surface area contributed by atoms with Crippen LogP contribution in [0.15, 0.2) is 0 Å². The first-order chi connectivity index (χ1) is 6.52. The van der Waals surface area contributed by atoms with Gasteiger partial charge in [-0.25, -0.2) is 13.2 Å². The largest absolute Gasteiger partial charge is 0.387 e. The first-order valence-electron chi connectivity index (χ1n) is 5.27. The van der Waals surface area contributed by atoms with E-state index in [1.54, 1.807) is 0 Å². The molecular weight excluding hydrogens is 205 g/mol. The Morgan fingerprint density at radius 3 is 1.87 bits per heavy atom. The minimum Gasteiger partial charge on any atom is -0.387 e. The molecule has 0 aromatic rings. The Bertz CT molecular complexity index is 240. The second kappa shape index (κ2) is 3.37. The van der Waals surface area contributed by atoms with E-state index in [0.717, 1.165) is 0 Å². The van der Waals surface area contributed by atoms with E-state index in [1.807, 2.05) is 0 Å². The molecule has 1 fully saturated rings. The van der Waals surface area contributed by atoms with Gasteiger partial charge in [0.05, 0.1) is 0 Å². The zero-order valence-corrected chi connectivity index (χ0v) is 9.65. The van der Waals surface area contributed by atoms with Crippen LogP contribution in [-0.4, -0.2) is 22.8 Å². The van der Waals surface area contributed by atoms with Crippen molar-refractivity contribution in [2.75, 3.05) is 0 Å². The minimum atomic E-state index is -3.22. The number of hydrogen-bond donors (Lipinski definition) is 1. The van der Waals surface area contributed by atoms with Crippen LogP contribution in [0.2, 0.25) is 0 Å². The van der Waals surface area contributed by atoms with Gasteiger partial charge < -0.3 is 5.11 Å². The molecule has 0 aromatic carbocycles. The number of alkyl halides is 3. The van der Waals surface area contributed by atoms with Crippen LogP contribution >= 0.6 is 0 Å². The van der Waals surface area contributed by atoms with Crippen molar-refractivity contribution in [3.63, 3.8) is 0 Å². The Morgan fingerprint density at radius 1 is 1.20 bits per heavy atom. The van der Waals surface area contributed by atoms with E-state index < -0.39 is 29.0 Å². The van der Waals surface area contributed by atoms with Crippen molar-refractivity contribution in [3.05, 3.63) is 0 Å². The summed E-state index contributed by atoms with van der Waals surface area (Å²) in [6.07, 6.45) is -2.06. The second-order valence-corrected chi connectivity index (χ2v) is 5.64. The van der Waals surface area contributed by atoms with Crippen molar-refractivity contribution in [1.29, 1.82) is 0 Å². The molecule has 0 bridgehead atoms. The highest BCUT2D eigenvalue weighted by Crippen LogP contribution is 2.59. The molecule has 0 heterocycles. The lowest BCUT2D eigenvalue weighted by Crippen LogP contribution is -2.60. The number of aliphatic hydroxyl groups excluding tert-OH is 1. The van der Waals surface area contributed by atoms with Gasteiger partial charge in [0.2, 0.25) is 0 Å². The standard InChI is InChI=1S/C11H19F3O/c1-7(2)8(15)11(13,14)9(3)5-10(4,12)6-9/h7-8,15H,5-6H2,1-4H3. The van der Waals surface area contributed by atoms with Crippen molar-refractivity contribution in [2.24, 2.45) is 11.3 Å². The highest BCUT2D eigenvalue weighted by Gasteiger charge is 2.65. The maximum absolute atomic E-state index is 13.8. The third-order valence-corrected chi connectivity index (χ3v) is 3.33. The molecule has 0 saturated heterocycles. The van der Waals surface area contributed by atoms with Crippen molar-refractivity contribution in [3.8, 4) is 0 Å². The SMILES string of the molecule is CC(C)C(O)C(F)(F)C1(C)CC(C)(F)C1. The summed E-state index contributed by atoms with van der Waals surface area (Å²) in [5.41, 5.74) is -2.91. The topological polar surface area (TPSA) is 20.2 Å². The zero-order chi connectivity index (χ0) is 12.1. The molecule has 0 aromatic heterocycles. The summed E-state index contributed by atoms with van der Waals surface area (Å²) in [6, 6.07) is 0. The molecule has 15 heavy (non-hydrogen) atoms. The highest BCUT2D eigenvalue weighted by molar-refractivity contribution is 5.08.